The summed E-state index contributed by atoms with van der Waals surface area (Å²) in [5, 5.41) is 0.669. The average molecular weight is 417 g/mol. The summed E-state index contributed by atoms with van der Waals surface area (Å²) in [6.45, 7) is 1.84. The molecular weight excluding hydrogens is 394 g/mol. The number of H-pyrrole nitrogens is 1. The van der Waals surface area contributed by atoms with Crippen molar-refractivity contribution in [3.63, 3.8) is 0 Å². The van der Waals surface area contributed by atoms with Gasteiger partial charge in [0.25, 0.3) is 5.91 Å². The quantitative estimate of drug-likeness (QED) is 0.521. The van der Waals surface area contributed by atoms with Gasteiger partial charge in [0.15, 0.2) is 11.5 Å². The number of rotatable bonds is 8. The number of aryl methyl sites for hydroxylation is 1. The summed E-state index contributed by atoms with van der Waals surface area (Å²) in [5.41, 5.74) is 2.55. The van der Waals surface area contributed by atoms with E-state index in [1.54, 1.807) is 38.3 Å². The van der Waals surface area contributed by atoms with E-state index >= 15 is 0 Å². The maximum absolute atomic E-state index is 12.6. The van der Waals surface area contributed by atoms with E-state index in [2.05, 4.69) is 14.4 Å². The lowest BCUT2D eigenvalue weighted by atomic mass is 10.1. The molecule has 29 heavy (non-hydrogen) atoms. The first kappa shape index (κ1) is 20.7. The minimum absolute atomic E-state index is 0.116. The summed E-state index contributed by atoms with van der Waals surface area (Å²) in [6, 6.07) is 12.6. The van der Waals surface area contributed by atoms with Gasteiger partial charge < -0.3 is 14.5 Å². The lowest BCUT2D eigenvalue weighted by Crippen LogP contribution is -2.41. The number of ether oxygens (including phenoxy) is 2. The van der Waals surface area contributed by atoms with Crippen molar-refractivity contribution in [1.29, 1.82) is 0 Å². The highest BCUT2D eigenvalue weighted by Crippen LogP contribution is 2.27. The van der Waals surface area contributed by atoms with Crippen molar-refractivity contribution in [3.8, 4) is 11.5 Å². The molecule has 0 aliphatic heterocycles. The highest BCUT2D eigenvalue weighted by molar-refractivity contribution is 7.88. The molecule has 1 amide bonds. The Morgan fingerprint density at radius 1 is 1.07 bits per heavy atom. The molecule has 0 atom stereocenters. The van der Waals surface area contributed by atoms with Crippen molar-refractivity contribution in [2.45, 2.75) is 13.3 Å². The zero-order valence-corrected chi connectivity index (χ0v) is 17.2. The van der Waals surface area contributed by atoms with Gasteiger partial charge >= 0.3 is 10.2 Å². The van der Waals surface area contributed by atoms with E-state index in [4.69, 9.17) is 9.47 Å². The second-order valence-corrected chi connectivity index (χ2v) is 7.94. The van der Waals surface area contributed by atoms with Gasteiger partial charge in [-0.05, 0) is 37.1 Å². The lowest BCUT2D eigenvalue weighted by Gasteiger charge is -2.11. The van der Waals surface area contributed by atoms with Crippen LogP contribution in [0.1, 0.15) is 21.6 Å². The van der Waals surface area contributed by atoms with Crippen LogP contribution in [-0.4, -0.2) is 40.1 Å². The fraction of sp³-hybridized carbons (Fsp3) is 0.250. The SMILES string of the molecule is COc1ccc(CCNS(=O)(=O)NC(=O)c2c(C)[nH]c3ccccc23)cc1OC. The number of para-hydroxylation sites is 1. The van der Waals surface area contributed by atoms with Gasteiger partial charge in [-0.25, -0.2) is 4.72 Å². The molecule has 0 aliphatic carbocycles. The molecule has 0 radical (unpaired) electrons. The number of benzene rings is 2. The van der Waals surface area contributed by atoms with Gasteiger partial charge in [0, 0.05) is 23.1 Å². The Labute approximate surface area is 169 Å². The average Bonchev–Trinajstić information content (AvgIpc) is 3.03. The largest absolute Gasteiger partial charge is 0.493 e. The van der Waals surface area contributed by atoms with E-state index in [1.165, 1.54) is 7.11 Å². The first-order valence-corrected chi connectivity index (χ1v) is 10.4. The van der Waals surface area contributed by atoms with Crippen molar-refractivity contribution in [1.82, 2.24) is 14.4 Å². The number of aromatic amines is 1. The Kier molecular flexibility index (Phi) is 6.09. The Bertz CT molecular complexity index is 1140. The minimum atomic E-state index is -4.01. The summed E-state index contributed by atoms with van der Waals surface area (Å²) >= 11 is 0. The van der Waals surface area contributed by atoms with Crippen LogP contribution < -0.4 is 18.9 Å². The Morgan fingerprint density at radius 3 is 2.52 bits per heavy atom. The molecule has 1 aromatic heterocycles. The van der Waals surface area contributed by atoms with Gasteiger partial charge in [0.2, 0.25) is 0 Å². The highest BCUT2D eigenvalue weighted by atomic mass is 32.2. The molecule has 0 bridgehead atoms. The molecule has 2 aromatic carbocycles. The summed E-state index contributed by atoms with van der Waals surface area (Å²) in [7, 11) is -0.931. The maximum Gasteiger partial charge on any atom is 0.301 e. The normalized spacial score (nSPS) is 11.4. The summed E-state index contributed by atoms with van der Waals surface area (Å²) < 4.78 is 39.5. The highest BCUT2D eigenvalue weighted by Gasteiger charge is 2.20. The van der Waals surface area contributed by atoms with Crippen molar-refractivity contribution < 1.29 is 22.7 Å². The van der Waals surface area contributed by atoms with Gasteiger partial charge in [-0.2, -0.15) is 13.1 Å². The molecule has 8 nitrogen and oxygen atoms in total. The lowest BCUT2D eigenvalue weighted by molar-refractivity contribution is 0.0982. The molecule has 1 heterocycles. The molecule has 154 valence electrons. The molecule has 0 spiro atoms. The van der Waals surface area contributed by atoms with E-state index < -0.39 is 16.1 Å². The Hall–Kier alpha value is -3.04. The molecule has 3 rings (SSSR count). The third-order valence-electron chi connectivity index (χ3n) is 4.50. The van der Waals surface area contributed by atoms with Gasteiger partial charge in [0.1, 0.15) is 0 Å². The first-order chi connectivity index (χ1) is 13.8. The smallest absolute Gasteiger partial charge is 0.301 e. The first-order valence-electron chi connectivity index (χ1n) is 8.94. The fourth-order valence-corrected chi connectivity index (χ4v) is 3.93. The summed E-state index contributed by atoms with van der Waals surface area (Å²) in [6.07, 6.45) is 0.418. The predicted molar refractivity (Wildman–Crippen MR) is 111 cm³/mol. The number of amides is 1. The Morgan fingerprint density at radius 2 is 1.79 bits per heavy atom. The van der Waals surface area contributed by atoms with Crippen molar-refractivity contribution >= 4 is 27.0 Å². The molecule has 3 N–H and O–H groups in total. The van der Waals surface area contributed by atoms with E-state index in [0.717, 1.165) is 11.1 Å². The minimum Gasteiger partial charge on any atom is -0.493 e. The number of nitrogens with one attached hydrogen (secondary N) is 3. The molecule has 0 saturated heterocycles. The molecule has 0 saturated carbocycles. The van der Waals surface area contributed by atoms with Gasteiger partial charge in [-0.1, -0.05) is 24.3 Å². The molecule has 3 aromatic rings. The molecule has 9 heteroatoms. The number of carbonyl (C=O) groups excluding carboxylic acids is 1. The number of hydrogen-bond donors (Lipinski definition) is 3. The topological polar surface area (TPSA) is 110 Å². The van der Waals surface area contributed by atoms with Crippen LogP contribution in [0.2, 0.25) is 0 Å². The van der Waals surface area contributed by atoms with Crippen LogP contribution in [0.4, 0.5) is 0 Å². The standard InChI is InChI=1S/C20H23N3O5S/c1-13-19(15-6-4-5-7-16(15)22-13)20(24)23-29(25,26)21-11-10-14-8-9-17(27-2)18(12-14)28-3/h4-9,12,21-22H,10-11H2,1-3H3,(H,23,24). The van der Waals surface area contributed by atoms with E-state index in [0.29, 0.717) is 34.6 Å². The second-order valence-electron chi connectivity index (χ2n) is 6.44. The number of hydrogen-bond acceptors (Lipinski definition) is 5. The number of carbonyl (C=O) groups is 1. The van der Waals surface area contributed by atoms with Crippen LogP contribution in [0.25, 0.3) is 10.9 Å². The maximum atomic E-state index is 12.6. The van der Waals surface area contributed by atoms with E-state index in [9.17, 15) is 13.2 Å². The van der Waals surface area contributed by atoms with Gasteiger partial charge in [0.05, 0.1) is 19.8 Å². The van der Waals surface area contributed by atoms with Gasteiger partial charge in [-0.15, -0.1) is 0 Å². The summed E-state index contributed by atoms with van der Waals surface area (Å²) in [4.78, 5) is 15.6. The van der Waals surface area contributed by atoms with Crippen LogP contribution in [0.5, 0.6) is 11.5 Å². The van der Waals surface area contributed by atoms with Crippen LogP contribution in [-0.2, 0) is 16.6 Å². The molecule has 0 fully saturated rings. The molecular formula is C20H23N3O5S. The number of methoxy groups -OCH3 is 2. The molecule has 0 aliphatic rings. The summed E-state index contributed by atoms with van der Waals surface area (Å²) in [5.74, 6) is 0.479. The zero-order valence-electron chi connectivity index (χ0n) is 16.4. The van der Waals surface area contributed by atoms with Crippen molar-refractivity contribution in [2.24, 2.45) is 0 Å². The van der Waals surface area contributed by atoms with E-state index in [-0.39, 0.29) is 6.54 Å². The van der Waals surface area contributed by atoms with Crippen LogP contribution >= 0.6 is 0 Å². The number of aromatic nitrogens is 1. The third-order valence-corrected chi connectivity index (χ3v) is 5.54. The van der Waals surface area contributed by atoms with Crippen LogP contribution in [0.15, 0.2) is 42.5 Å². The fourth-order valence-electron chi connectivity index (χ4n) is 3.14. The van der Waals surface area contributed by atoms with Gasteiger partial charge in [-0.3, -0.25) is 4.79 Å². The van der Waals surface area contributed by atoms with E-state index in [1.807, 2.05) is 18.2 Å². The van der Waals surface area contributed by atoms with Crippen LogP contribution in [0.3, 0.4) is 0 Å². The predicted octanol–water partition coefficient (Wildman–Crippen LogP) is 2.30. The zero-order chi connectivity index (χ0) is 21.0. The van der Waals surface area contributed by atoms with Crippen molar-refractivity contribution in [3.05, 3.63) is 59.3 Å². The Balaban J connectivity index is 1.64. The second kappa shape index (κ2) is 8.54. The monoisotopic (exact) mass is 417 g/mol. The van der Waals surface area contributed by atoms with Crippen molar-refractivity contribution in [2.75, 3.05) is 20.8 Å². The third kappa shape index (κ3) is 4.69. The number of fused-ring (bicyclic) bond motifs is 1. The van der Waals surface area contributed by atoms with Crippen LogP contribution in [0, 0.1) is 6.92 Å². The molecule has 0 unspecified atom stereocenters.